The fourth-order valence-electron chi connectivity index (χ4n) is 3.33. The van der Waals surface area contributed by atoms with Gasteiger partial charge in [0, 0.05) is 36.3 Å². The number of hydrogen-bond acceptors (Lipinski definition) is 4. The predicted molar refractivity (Wildman–Crippen MR) is 111 cm³/mol. The molecular formula is C20H22BrN5O. The van der Waals surface area contributed by atoms with Crippen LogP contribution in [0.4, 0.5) is 5.69 Å². The summed E-state index contributed by atoms with van der Waals surface area (Å²) < 4.78 is 1.00. The minimum Gasteiger partial charge on any atom is -0.341 e. The highest BCUT2D eigenvalue weighted by molar-refractivity contribution is 9.10. The summed E-state index contributed by atoms with van der Waals surface area (Å²) in [7, 11) is 0. The fourth-order valence-corrected chi connectivity index (χ4v) is 3.60. The molecular weight excluding hydrogens is 406 g/mol. The molecule has 140 valence electrons. The Kier molecular flexibility index (Phi) is 5.52. The van der Waals surface area contributed by atoms with Crippen molar-refractivity contribution in [1.82, 2.24) is 19.8 Å². The fraction of sp³-hybridized carbons (Fsp3) is 0.300. The van der Waals surface area contributed by atoms with Gasteiger partial charge in [-0.1, -0.05) is 28.1 Å². The molecule has 4 rings (SSSR count). The topological polar surface area (TPSA) is 64.3 Å². The predicted octanol–water partition coefficient (Wildman–Crippen LogP) is 3.08. The van der Waals surface area contributed by atoms with Gasteiger partial charge in [0.05, 0.1) is 24.1 Å². The molecule has 6 nitrogen and oxygen atoms in total. The number of carbonyl (C=O) groups is 1. The first-order valence-electron chi connectivity index (χ1n) is 9.09. The van der Waals surface area contributed by atoms with Crippen LogP contribution in [0.1, 0.15) is 5.82 Å². The second-order valence-electron chi connectivity index (χ2n) is 6.81. The number of benzene rings is 2. The molecule has 27 heavy (non-hydrogen) atoms. The van der Waals surface area contributed by atoms with Crippen LogP contribution in [-0.2, 0) is 11.3 Å². The molecule has 0 unspecified atom stereocenters. The lowest BCUT2D eigenvalue weighted by molar-refractivity contribution is -0.117. The van der Waals surface area contributed by atoms with Crippen LogP contribution in [0.15, 0.2) is 53.0 Å². The first kappa shape index (κ1) is 18.2. The maximum atomic E-state index is 12.2. The summed E-state index contributed by atoms with van der Waals surface area (Å²) in [6.07, 6.45) is 0. The molecule has 0 spiro atoms. The zero-order chi connectivity index (χ0) is 18.6. The molecule has 1 saturated heterocycles. The van der Waals surface area contributed by atoms with Gasteiger partial charge in [0.2, 0.25) is 5.91 Å². The van der Waals surface area contributed by atoms with Crippen LogP contribution in [0.25, 0.3) is 11.0 Å². The van der Waals surface area contributed by atoms with Crippen LogP contribution in [0.2, 0.25) is 0 Å². The van der Waals surface area contributed by atoms with Gasteiger partial charge in [0.1, 0.15) is 5.82 Å². The van der Waals surface area contributed by atoms with E-state index in [0.717, 1.165) is 59.7 Å². The highest BCUT2D eigenvalue weighted by Crippen LogP contribution is 2.15. The van der Waals surface area contributed by atoms with Crippen molar-refractivity contribution < 1.29 is 4.79 Å². The number of amides is 1. The molecule has 1 amide bonds. The Morgan fingerprint density at radius 2 is 1.74 bits per heavy atom. The first-order valence-corrected chi connectivity index (χ1v) is 9.89. The number of carbonyl (C=O) groups excluding carboxylic acids is 1. The number of rotatable bonds is 5. The number of anilines is 1. The van der Waals surface area contributed by atoms with E-state index in [1.54, 1.807) is 0 Å². The molecule has 1 fully saturated rings. The SMILES string of the molecule is O=C(CN1CCN(Cc2nc3ccccc3[nH]2)CC1)Nc1ccc(Br)cc1. The highest BCUT2D eigenvalue weighted by Gasteiger charge is 2.20. The van der Waals surface area contributed by atoms with Crippen molar-refractivity contribution in [2.45, 2.75) is 6.54 Å². The smallest absolute Gasteiger partial charge is 0.238 e. The van der Waals surface area contributed by atoms with Crippen molar-refractivity contribution in [2.24, 2.45) is 0 Å². The lowest BCUT2D eigenvalue weighted by atomic mass is 10.3. The van der Waals surface area contributed by atoms with Crippen molar-refractivity contribution in [3.8, 4) is 0 Å². The van der Waals surface area contributed by atoms with Crippen molar-refractivity contribution in [3.05, 3.63) is 58.8 Å². The number of H-pyrrole nitrogens is 1. The van der Waals surface area contributed by atoms with Gasteiger partial charge in [-0.3, -0.25) is 14.6 Å². The number of nitrogens with one attached hydrogen (secondary N) is 2. The van der Waals surface area contributed by atoms with E-state index in [1.807, 2.05) is 48.5 Å². The van der Waals surface area contributed by atoms with E-state index in [1.165, 1.54) is 0 Å². The molecule has 0 bridgehead atoms. The molecule has 0 atom stereocenters. The van der Waals surface area contributed by atoms with Crippen molar-refractivity contribution in [2.75, 3.05) is 38.0 Å². The van der Waals surface area contributed by atoms with Gasteiger partial charge in [-0.05, 0) is 36.4 Å². The van der Waals surface area contributed by atoms with Crippen LogP contribution >= 0.6 is 15.9 Å². The zero-order valence-electron chi connectivity index (χ0n) is 15.0. The Labute approximate surface area is 166 Å². The lowest BCUT2D eigenvalue weighted by Gasteiger charge is -2.33. The Balaban J connectivity index is 1.24. The van der Waals surface area contributed by atoms with Gasteiger partial charge in [-0.25, -0.2) is 4.98 Å². The minimum atomic E-state index is 0.0306. The van der Waals surface area contributed by atoms with E-state index >= 15 is 0 Å². The molecule has 1 aliphatic heterocycles. The molecule has 0 radical (unpaired) electrons. The molecule has 0 aliphatic carbocycles. The number of nitrogens with zero attached hydrogens (tertiary/aromatic N) is 3. The van der Waals surface area contributed by atoms with Crippen LogP contribution in [0, 0.1) is 0 Å². The molecule has 1 aromatic heterocycles. The first-order chi connectivity index (χ1) is 13.2. The van der Waals surface area contributed by atoms with Crippen molar-refractivity contribution in [1.29, 1.82) is 0 Å². The lowest BCUT2D eigenvalue weighted by Crippen LogP contribution is -2.48. The summed E-state index contributed by atoms with van der Waals surface area (Å²) in [6.45, 7) is 4.87. The summed E-state index contributed by atoms with van der Waals surface area (Å²) in [6, 6.07) is 15.7. The van der Waals surface area contributed by atoms with E-state index < -0.39 is 0 Å². The van der Waals surface area contributed by atoms with Crippen molar-refractivity contribution >= 4 is 38.6 Å². The number of piperazine rings is 1. The summed E-state index contributed by atoms with van der Waals surface area (Å²) in [5.41, 5.74) is 2.92. The Bertz CT molecular complexity index is 883. The maximum absolute atomic E-state index is 12.2. The number of aromatic amines is 1. The van der Waals surface area contributed by atoms with Gasteiger partial charge < -0.3 is 10.3 Å². The van der Waals surface area contributed by atoms with Crippen molar-refractivity contribution in [3.63, 3.8) is 0 Å². The normalized spacial score (nSPS) is 15.9. The molecule has 7 heteroatoms. The number of fused-ring (bicyclic) bond motifs is 1. The van der Waals surface area contributed by atoms with Gasteiger partial charge in [-0.15, -0.1) is 0 Å². The second-order valence-corrected chi connectivity index (χ2v) is 7.72. The maximum Gasteiger partial charge on any atom is 0.238 e. The Hall–Kier alpha value is -2.22. The van der Waals surface area contributed by atoms with Gasteiger partial charge in [0.25, 0.3) is 0 Å². The van der Waals surface area contributed by atoms with Crippen LogP contribution < -0.4 is 5.32 Å². The standard InChI is InChI=1S/C20H22BrN5O/c21-15-5-7-16(8-6-15)22-20(27)14-26-11-9-25(10-12-26)13-19-23-17-3-1-2-4-18(17)24-19/h1-8H,9-14H2,(H,22,27)(H,23,24). The van der Waals surface area contributed by atoms with Crippen LogP contribution in [0.5, 0.6) is 0 Å². The van der Waals surface area contributed by atoms with E-state index in [0.29, 0.717) is 6.54 Å². The van der Waals surface area contributed by atoms with Gasteiger partial charge >= 0.3 is 0 Å². The molecule has 2 heterocycles. The third kappa shape index (κ3) is 4.74. The molecule has 2 N–H and O–H groups in total. The number of aromatic nitrogens is 2. The average molecular weight is 428 g/mol. The zero-order valence-corrected chi connectivity index (χ0v) is 16.6. The second kappa shape index (κ2) is 8.21. The van der Waals surface area contributed by atoms with Gasteiger partial charge in [-0.2, -0.15) is 0 Å². The summed E-state index contributed by atoms with van der Waals surface area (Å²) >= 11 is 3.40. The quantitative estimate of drug-likeness (QED) is 0.656. The molecule has 2 aromatic carbocycles. The van der Waals surface area contributed by atoms with Crippen LogP contribution in [0.3, 0.4) is 0 Å². The molecule has 0 saturated carbocycles. The molecule has 1 aliphatic rings. The van der Waals surface area contributed by atoms with E-state index in [4.69, 9.17) is 0 Å². The Morgan fingerprint density at radius 3 is 2.48 bits per heavy atom. The monoisotopic (exact) mass is 427 g/mol. The van der Waals surface area contributed by atoms with E-state index in [-0.39, 0.29) is 5.91 Å². The number of hydrogen-bond donors (Lipinski definition) is 2. The minimum absolute atomic E-state index is 0.0306. The number of imidazole rings is 1. The largest absolute Gasteiger partial charge is 0.341 e. The van der Waals surface area contributed by atoms with E-state index in [2.05, 4.69) is 41.0 Å². The highest BCUT2D eigenvalue weighted by atomic mass is 79.9. The molecule has 3 aromatic rings. The third-order valence-corrected chi connectivity index (χ3v) is 5.30. The average Bonchev–Trinajstić information content (AvgIpc) is 3.07. The van der Waals surface area contributed by atoms with Crippen LogP contribution in [-0.4, -0.2) is 58.4 Å². The number of halogens is 1. The summed E-state index contributed by atoms with van der Waals surface area (Å²) in [5, 5.41) is 2.95. The van der Waals surface area contributed by atoms with Gasteiger partial charge in [0.15, 0.2) is 0 Å². The summed E-state index contributed by atoms with van der Waals surface area (Å²) in [5.74, 6) is 1.03. The Morgan fingerprint density at radius 1 is 1.04 bits per heavy atom. The summed E-state index contributed by atoms with van der Waals surface area (Å²) in [4.78, 5) is 24.9. The third-order valence-electron chi connectivity index (χ3n) is 4.77. The number of para-hydroxylation sites is 2. The van der Waals surface area contributed by atoms with E-state index in [9.17, 15) is 4.79 Å².